The number of pyridine rings is 1. The molecule has 2 fully saturated rings. The maximum absolute atomic E-state index is 12.6. The largest absolute Gasteiger partial charge is 0.375 e. The zero-order valence-corrected chi connectivity index (χ0v) is 15.2. The van der Waals surface area contributed by atoms with Crippen LogP contribution in [0.1, 0.15) is 19.0 Å². The van der Waals surface area contributed by atoms with E-state index in [1.54, 1.807) is 11.1 Å². The molecule has 3 heterocycles. The van der Waals surface area contributed by atoms with Crippen LogP contribution in [0.4, 0.5) is 0 Å². The van der Waals surface area contributed by atoms with Crippen LogP contribution >= 0.6 is 0 Å². The molecule has 2 aliphatic heterocycles. The predicted octanol–water partition coefficient (Wildman–Crippen LogP) is 0.650. The van der Waals surface area contributed by atoms with Gasteiger partial charge in [0.05, 0.1) is 24.7 Å². The lowest BCUT2D eigenvalue weighted by molar-refractivity contribution is -0.142. The van der Waals surface area contributed by atoms with Crippen LogP contribution < -0.4 is 0 Å². The molecule has 1 atom stereocenters. The van der Waals surface area contributed by atoms with Crippen LogP contribution in [0.2, 0.25) is 0 Å². The van der Waals surface area contributed by atoms with Crippen LogP contribution in [0.15, 0.2) is 24.4 Å². The summed E-state index contributed by atoms with van der Waals surface area (Å²) in [6, 6.07) is 5.60. The van der Waals surface area contributed by atoms with E-state index in [-0.39, 0.29) is 37.3 Å². The molecule has 0 aliphatic carbocycles. The molecule has 1 aromatic rings. The third kappa shape index (κ3) is 3.56. The van der Waals surface area contributed by atoms with Gasteiger partial charge in [-0.25, -0.2) is 8.42 Å². The van der Waals surface area contributed by atoms with Crippen molar-refractivity contribution < 1.29 is 22.7 Å². The maximum atomic E-state index is 12.6. The number of carbonyl (C=O) groups excluding carboxylic acids is 1. The average Bonchev–Trinajstić information content (AvgIpc) is 2.83. The Morgan fingerprint density at radius 3 is 2.84 bits per heavy atom. The van der Waals surface area contributed by atoms with Crippen LogP contribution in [-0.4, -0.2) is 67.6 Å². The number of ether oxygens (including phenoxy) is 2. The standard InChI is InChI=1S/C17H24N2O5S/c1-2-23-11-16(20)19-12-17(13-19)14(6-8-25(17,21)22)9-24-10-15-5-3-4-7-18-15/h3-5,7,14H,2,6,8-13H2,1H3. The molecule has 2 aliphatic rings. The third-order valence-corrected chi connectivity index (χ3v) is 7.70. The van der Waals surface area contributed by atoms with Gasteiger partial charge in [-0.15, -0.1) is 0 Å². The van der Waals surface area contributed by atoms with Crippen molar-refractivity contribution in [2.45, 2.75) is 24.7 Å². The molecule has 0 radical (unpaired) electrons. The Bertz CT molecular complexity index is 701. The zero-order chi connectivity index (χ0) is 17.9. The number of hydrogen-bond donors (Lipinski definition) is 0. The first-order valence-corrected chi connectivity index (χ1v) is 10.2. The second-order valence-electron chi connectivity index (χ2n) is 6.59. The molecule has 1 amide bonds. The molecule has 7 nitrogen and oxygen atoms in total. The highest BCUT2D eigenvalue weighted by Gasteiger charge is 2.62. The lowest BCUT2D eigenvalue weighted by Gasteiger charge is -2.49. The topological polar surface area (TPSA) is 85.8 Å². The molecular formula is C17H24N2O5S. The number of sulfone groups is 1. The van der Waals surface area contributed by atoms with Gasteiger partial charge in [0.2, 0.25) is 5.91 Å². The lowest BCUT2D eigenvalue weighted by Crippen LogP contribution is -2.69. The SMILES string of the molecule is CCOCC(=O)N1CC2(C1)C(COCc1ccccn1)CCS2(=O)=O. The summed E-state index contributed by atoms with van der Waals surface area (Å²) in [5, 5.41) is 0. The van der Waals surface area contributed by atoms with Crippen LogP contribution in [0.25, 0.3) is 0 Å². The van der Waals surface area contributed by atoms with Gasteiger partial charge in [0.25, 0.3) is 0 Å². The van der Waals surface area contributed by atoms with Gasteiger partial charge in [0, 0.05) is 31.8 Å². The van der Waals surface area contributed by atoms with E-state index in [0.717, 1.165) is 5.69 Å². The van der Waals surface area contributed by atoms with Crippen molar-refractivity contribution in [3.63, 3.8) is 0 Å². The number of nitrogens with zero attached hydrogens (tertiary/aromatic N) is 2. The first-order chi connectivity index (χ1) is 12.0. The second kappa shape index (κ2) is 7.39. The Kier molecular flexibility index (Phi) is 5.41. The van der Waals surface area contributed by atoms with Gasteiger partial charge in [0.1, 0.15) is 11.4 Å². The summed E-state index contributed by atoms with van der Waals surface area (Å²) in [7, 11) is -3.21. The molecule has 8 heteroatoms. The van der Waals surface area contributed by atoms with E-state index in [1.165, 1.54) is 0 Å². The highest BCUT2D eigenvalue weighted by atomic mass is 32.2. The molecule has 0 saturated carbocycles. The van der Waals surface area contributed by atoms with Crippen molar-refractivity contribution in [2.75, 3.05) is 38.7 Å². The molecule has 25 heavy (non-hydrogen) atoms. The van der Waals surface area contributed by atoms with Crippen molar-refractivity contribution in [3.05, 3.63) is 30.1 Å². The van der Waals surface area contributed by atoms with E-state index >= 15 is 0 Å². The Morgan fingerprint density at radius 1 is 1.36 bits per heavy atom. The summed E-state index contributed by atoms with van der Waals surface area (Å²) in [6.45, 7) is 3.52. The number of likely N-dealkylation sites (tertiary alicyclic amines) is 1. The maximum Gasteiger partial charge on any atom is 0.248 e. The lowest BCUT2D eigenvalue weighted by atomic mass is 9.83. The third-order valence-electron chi connectivity index (χ3n) is 5.09. The van der Waals surface area contributed by atoms with Crippen molar-refractivity contribution in [1.82, 2.24) is 9.88 Å². The van der Waals surface area contributed by atoms with Crippen LogP contribution in [0.3, 0.4) is 0 Å². The Hall–Kier alpha value is -1.51. The van der Waals surface area contributed by atoms with Gasteiger partial charge in [-0.2, -0.15) is 0 Å². The fourth-order valence-electron chi connectivity index (χ4n) is 3.55. The summed E-state index contributed by atoms with van der Waals surface area (Å²) in [6.07, 6.45) is 2.28. The van der Waals surface area contributed by atoms with Gasteiger partial charge in [-0.1, -0.05) is 6.07 Å². The number of amides is 1. The van der Waals surface area contributed by atoms with E-state index in [9.17, 15) is 13.2 Å². The highest BCUT2D eigenvalue weighted by Crippen LogP contribution is 2.44. The van der Waals surface area contributed by atoms with Crippen LogP contribution in [0, 0.1) is 5.92 Å². The molecule has 138 valence electrons. The summed E-state index contributed by atoms with van der Waals surface area (Å²) in [5.41, 5.74) is 0.819. The molecule has 0 aromatic carbocycles. The van der Waals surface area contributed by atoms with Crippen molar-refractivity contribution in [3.8, 4) is 0 Å². The minimum absolute atomic E-state index is 0.00741. The highest BCUT2D eigenvalue weighted by molar-refractivity contribution is 7.93. The van der Waals surface area contributed by atoms with Crippen LogP contribution in [0.5, 0.6) is 0 Å². The Morgan fingerprint density at radius 2 is 2.16 bits per heavy atom. The monoisotopic (exact) mass is 368 g/mol. The van der Waals surface area contributed by atoms with Crippen molar-refractivity contribution in [1.29, 1.82) is 0 Å². The molecule has 1 aromatic heterocycles. The minimum atomic E-state index is -3.21. The van der Waals surface area contributed by atoms with Gasteiger partial charge in [-0.3, -0.25) is 9.78 Å². The van der Waals surface area contributed by atoms with E-state index < -0.39 is 14.6 Å². The van der Waals surface area contributed by atoms with E-state index in [1.807, 2.05) is 25.1 Å². The molecule has 1 spiro atoms. The fraction of sp³-hybridized carbons (Fsp3) is 0.647. The molecule has 3 rings (SSSR count). The zero-order valence-electron chi connectivity index (χ0n) is 14.4. The Balaban J connectivity index is 1.58. The van der Waals surface area contributed by atoms with E-state index in [0.29, 0.717) is 26.2 Å². The smallest absolute Gasteiger partial charge is 0.248 e. The van der Waals surface area contributed by atoms with Gasteiger partial charge < -0.3 is 14.4 Å². The average molecular weight is 368 g/mol. The Labute approximate surface area is 148 Å². The normalized spacial score (nSPS) is 23.6. The van der Waals surface area contributed by atoms with Gasteiger partial charge >= 0.3 is 0 Å². The van der Waals surface area contributed by atoms with Gasteiger partial charge in [-0.05, 0) is 25.5 Å². The van der Waals surface area contributed by atoms with Crippen molar-refractivity contribution >= 4 is 15.7 Å². The predicted molar refractivity (Wildman–Crippen MR) is 91.6 cm³/mol. The summed E-state index contributed by atoms with van der Waals surface area (Å²) in [5.74, 6) is -0.0712. The molecule has 0 bridgehead atoms. The quantitative estimate of drug-likeness (QED) is 0.702. The first kappa shape index (κ1) is 18.3. The number of hydrogen-bond acceptors (Lipinski definition) is 6. The minimum Gasteiger partial charge on any atom is -0.375 e. The first-order valence-electron chi connectivity index (χ1n) is 8.54. The van der Waals surface area contributed by atoms with Crippen molar-refractivity contribution in [2.24, 2.45) is 5.92 Å². The summed E-state index contributed by atoms with van der Waals surface area (Å²) >= 11 is 0. The summed E-state index contributed by atoms with van der Waals surface area (Å²) in [4.78, 5) is 17.8. The molecule has 0 N–H and O–H groups in total. The fourth-order valence-corrected chi connectivity index (χ4v) is 5.95. The summed E-state index contributed by atoms with van der Waals surface area (Å²) < 4.78 is 35.1. The second-order valence-corrected chi connectivity index (χ2v) is 9.04. The number of aromatic nitrogens is 1. The van der Waals surface area contributed by atoms with E-state index in [4.69, 9.17) is 9.47 Å². The van der Waals surface area contributed by atoms with E-state index in [2.05, 4.69) is 4.98 Å². The molecular weight excluding hydrogens is 344 g/mol. The molecule has 2 saturated heterocycles. The number of carbonyl (C=O) groups is 1. The molecule has 1 unspecified atom stereocenters. The number of rotatable bonds is 7. The van der Waals surface area contributed by atoms with Gasteiger partial charge in [0.15, 0.2) is 9.84 Å². The van der Waals surface area contributed by atoms with Crippen LogP contribution in [-0.2, 0) is 30.7 Å².